The number of rotatable bonds is 7. The van der Waals surface area contributed by atoms with Crippen LogP contribution in [0.4, 0.5) is 0 Å². The summed E-state index contributed by atoms with van der Waals surface area (Å²) in [7, 11) is 0. The van der Waals surface area contributed by atoms with E-state index in [9.17, 15) is 0 Å². The normalized spacial score (nSPS) is 26.5. The predicted molar refractivity (Wildman–Crippen MR) is 117 cm³/mol. The fourth-order valence-electron chi connectivity index (χ4n) is 4.39. The standard InChI is InChI=1S/C26H38/c1-7-23(8-2)21(5)17-20(4)22(6)26-18-25(16-12-13-19(26)3)24-14-10-9-11-15-24/h9-12,14,16,18-19,23-24,26H,5,7-8,13,15,17H2,1-4,6H3. The molecule has 0 bridgehead atoms. The molecule has 2 rings (SSSR count). The van der Waals surface area contributed by atoms with Gasteiger partial charge in [-0.1, -0.05) is 86.6 Å². The van der Waals surface area contributed by atoms with Crippen molar-refractivity contribution < 1.29 is 0 Å². The minimum Gasteiger partial charge on any atom is -0.0993 e. The van der Waals surface area contributed by atoms with Gasteiger partial charge >= 0.3 is 0 Å². The molecule has 0 saturated carbocycles. The van der Waals surface area contributed by atoms with E-state index >= 15 is 0 Å². The highest BCUT2D eigenvalue weighted by atomic mass is 14.3. The van der Waals surface area contributed by atoms with Gasteiger partial charge in [0.15, 0.2) is 0 Å². The molecule has 26 heavy (non-hydrogen) atoms. The lowest BCUT2D eigenvalue weighted by Crippen LogP contribution is -2.13. The fraction of sp³-hybridized carbons (Fsp3) is 0.538. The maximum Gasteiger partial charge on any atom is 0.00526 e. The van der Waals surface area contributed by atoms with Crippen molar-refractivity contribution in [2.24, 2.45) is 23.7 Å². The van der Waals surface area contributed by atoms with Crippen LogP contribution in [-0.4, -0.2) is 0 Å². The van der Waals surface area contributed by atoms with Gasteiger partial charge in [-0.05, 0) is 63.4 Å². The molecule has 0 spiro atoms. The molecule has 0 heterocycles. The van der Waals surface area contributed by atoms with Crippen LogP contribution in [0, 0.1) is 23.7 Å². The second kappa shape index (κ2) is 9.95. The van der Waals surface area contributed by atoms with E-state index in [4.69, 9.17) is 0 Å². The molecule has 0 fully saturated rings. The minimum absolute atomic E-state index is 0.536. The largest absolute Gasteiger partial charge is 0.0993 e. The van der Waals surface area contributed by atoms with Crippen LogP contribution in [0.3, 0.4) is 0 Å². The molecule has 142 valence electrons. The lowest BCUT2D eigenvalue weighted by molar-refractivity contribution is 0.481. The first kappa shape index (κ1) is 20.7. The Morgan fingerprint density at radius 2 is 1.85 bits per heavy atom. The van der Waals surface area contributed by atoms with E-state index in [1.54, 1.807) is 5.57 Å². The molecule has 0 nitrogen and oxygen atoms in total. The van der Waals surface area contributed by atoms with Crippen molar-refractivity contribution in [3.8, 4) is 0 Å². The quantitative estimate of drug-likeness (QED) is 0.408. The van der Waals surface area contributed by atoms with Crippen molar-refractivity contribution in [3.05, 3.63) is 71.4 Å². The molecule has 3 unspecified atom stereocenters. The molecule has 0 aromatic carbocycles. The van der Waals surface area contributed by atoms with Crippen molar-refractivity contribution in [1.82, 2.24) is 0 Å². The molecular weight excluding hydrogens is 312 g/mol. The third-order valence-electron chi connectivity index (χ3n) is 6.44. The molecule has 0 amide bonds. The molecule has 2 aliphatic carbocycles. The van der Waals surface area contributed by atoms with Gasteiger partial charge < -0.3 is 0 Å². The van der Waals surface area contributed by atoms with Gasteiger partial charge in [0.1, 0.15) is 0 Å². The van der Waals surface area contributed by atoms with Crippen LogP contribution in [0.25, 0.3) is 0 Å². The van der Waals surface area contributed by atoms with Gasteiger partial charge in [0, 0.05) is 11.8 Å². The zero-order valence-electron chi connectivity index (χ0n) is 17.6. The van der Waals surface area contributed by atoms with Gasteiger partial charge in [-0.15, -0.1) is 0 Å². The van der Waals surface area contributed by atoms with Gasteiger partial charge in [-0.3, -0.25) is 0 Å². The third-order valence-corrected chi connectivity index (χ3v) is 6.44. The summed E-state index contributed by atoms with van der Waals surface area (Å²) >= 11 is 0. The Morgan fingerprint density at radius 3 is 2.46 bits per heavy atom. The van der Waals surface area contributed by atoms with E-state index in [2.05, 4.69) is 83.7 Å². The van der Waals surface area contributed by atoms with E-state index < -0.39 is 0 Å². The van der Waals surface area contributed by atoms with E-state index in [1.807, 2.05) is 0 Å². The van der Waals surface area contributed by atoms with E-state index in [0.29, 0.717) is 23.7 Å². The summed E-state index contributed by atoms with van der Waals surface area (Å²) in [6.45, 7) is 16.1. The zero-order valence-corrected chi connectivity index (χ0v) is 17.6. The van der Waals surface area contributed by atoms with Crippen molar-refractivity contribution in [3.63, 3.8) is 0 Å². The average molecular weight is 351 g/mol. The van der Waals surface area contributed by atoms with Gasteiger partial charge in [0.25, 0.3) is 0 Å². The second-order valence-electron chi connectivity index (χ2n) is 8.27. The molecule has 0 heteroatoms. The van der Waals surface area contributed by atoms with Gasteiger partial charge in [0.05, 0.1) is 0 Å². The highest BCUT2D eigenvalue weighted by Gasteiger charge is 2.22. The van der Waals surface area contributed by atoms with Crippen molar-refractivity contribution >= 4 is 0 Å². The molecular formula is C26H38. The smallest absolute Gasteiger partial charge is 0.00526 e. The molecule has 0 N–H and O–H groups in total. The molecule has 0 aromatic heterocycles. The van der Waals surface area contributed by atoms with Crippen LogP contribution in [0.2, 0.25) is 0 Å². The summed E-state index contributed by atoms with van der Waals surface area (Å²) in [6, 6.07) is 0. The Labute approximate surface area is 162 Å². The lowest BCUT2D eigenvalue weighted by atomic mass is 9.80. The van der Waals surface area contributed by atoms with Crippen molar-refractivity contribution in [2.45, 2.75) is 66.7 Å². The highest BCUT2D eigenvalue weighted by molar-refractivity contribution is 5.35. The first-order valence-corrected chi connectivity index (χ1v) is 10.5. The van der Waals surface area contributed by atoms with Crippen LogP contribution >= 0.6 is 0 Å². The van der Waals surface area contributed by atoms with Crippen LogP contribution in [0.15, 0.2) is 71.4 Å². The first-order chi connectivity index (χ1) is 12.5. The summed E-state index contributed by atoms with van der Waals surface area (Å²) in [6.07, 6.45) is 22.1. The molecule has 0 radical (unpaired) electrons. The van der Waals surface area contributed by atoms with Crippen LogP contribution in [0.1, 0.15) is 66.7 Å². The zero-order chi connectivity index (χ0) is 19.1. The molecule has 0 saturated heterocycles. The third kappa shape index (κ3) is 5.22. The molecule has 0 aliphatic heterocycles. The second-order valence-corrected chi connectivity index (χ2v) is 8.27. The molecule has 3 atom stereocenters. The lowest BCUT2D eigenvalue weighted by Gasteiger charge is -2.25. The SMILES string of the molecule is C=C(CC(C)=C(C)C1C=C(C2C=CC=CC2)C=CCC1C)C(CC)CC. The Bertz CT molecular complexity index is 631. The summed E-state index contributed by atoms with van der Waals surface area (Å²) in [4.78, 5) is 0. The summed E-state index contributed by atoms with van der Waals surface area (Å²) < 4.78 is 0. The average Bonchev–Trinajstić information content (AvgIpc) is 2.84. The van der Waals surface area contributed by atoms with E-state index in [1.165, 1.54) is 29.6 Å². The van der Waals surface area contributed by atoms with Gasteiger partial charge in [-0.25, -0.2) is 0 Å². The van der Waals surface area contributed by atoms with Crippen LogP contribution in [-0.2, 0) is 0 Å². The maximum absolute atomic E-state index is 4.41. The summed E-state index contributed by atoms with van der Waals surface area (Å²) in [5.41, 5.74) is 5.98. The predicted octanol–water partition coefficient (Wildman–Crippen LogP) is 7.98. The Morgan fingerprint density at radius 1 is 1.12 bits per heavy atom. The molecule has 0 aromatic rings. The Kier molecular flexibility index (Phi) is 7.94. The summed E-state index contributed by atoms with van der Waals surface area (Å²) in [5.74, 6) is 2.39. The van der Waals surface area contributed by atoms with Crippen LogP contribution < -0.4 is 0 Å². The number of hydrogen-bond acceptors (Lipinski definition) is 0. The van der Waals surface area contributed by atoms with Crippen molar-refractivity contribution in [1.29, 1.82) is 0 Å². The van der Waals surface area contributed by atoms with Gasteiger partial charge in [0.2, 0.25) is 0 Å². The number of hydrogen-bond donors (Lipinski definition) is 0. The topological polar surface area (TPSA) is 0 Å². The Hall–Kier alpha value is -1.56. The van der Waals surface area contributed by atoms with Gasteiger partial charge in [-0.2, -0.15) is 0 Å². The summed E-state index contributed by atoms with van der Waals surface area (Å²) in [5, 5.41) is 0. The monoisotopic (exact) mass is 350 g/mol. The van der Waals surface area contributed by atoms with E-state index in [-0.39, 0.29) is 0 Å². The van der Waals surface area contributed by atoms with Crippen molar-refractivity contribution in [2.75, 3.05) is 0 Å². The maximum atomic E-state index is 4.41. The van der Waals surface area contributed by atoms with E-state index in [0.717, 1.165) is 19.3 Å². The molecule has 2 aliphatic rings. The highest BCUT2D eigenvalue weighted by Crippen LogP contribution is 2.36. The fourth-order valence-corrected chi connectivity index (χ4v) is 4.39. The van der Waals surface area contributed by atoms with Crippen LogP contribution in [0.5, 0.6) is 0 Å². The minimum atomic E-state index is 0.536. The number of allylic oxidation sites excluding steroid dienone is 11. The Balaban J connectivity index is 2.23. The first-order valence-electron chi connectivity index (χ1n) is 10.5.